The minimum atomic E-state index is 0.271. The van der Waals surface area contributed by atoms with Gasteiger partial charge < -0.3 is 9.15 Å². The Bertz CT molecular complexity index is 613. The molecule has 1 aromatic heterocycles. The molecule has 0 amide bonds. The predicted molar refractivity (Wildman–Crippen MR) is 83.3 cm³/mol. The molecule has 1 aromatic carbocycles. The van der Waals surface area contributed by atoms with Crippen LogP contribution in [0.15, 0.2) is 38.9 Å². The van der Waals surface area contributed by atoms with Crippen LogP contribution in [-0.4, -0.2) is 16.0 Å². The maximum Gasteiger partial charge on any atom is 0.277 e. The van der Waals surface area contributed by atoms with Crippen LogP contribution in [0.2, 0.25) is 0 Å². The smallest absolute Gasteiger partial charge is 0.277 e. The molecule has 0 aliphatic heterocycles. The van der Waals surface area contributed by atoms with Crippen LogP contribution >= 0.6 is 27.7 Å². The number of aryl methyl sites for hydroxylation is 2. The van der Waals surface area contributed by atoms with Gasteiger partial charge in [0.15, 0.2) is 6.61 Å². The van der Waals surface area contributed by atoms with Crippen LogP contribution in [0.1, 0.15) is 17.0 Å². The predicted octanol–water partition coefficient (Wildman–Crippen LogP) is 4.27. The van der Waals surface area contributed by atoms with E-state index in [0.717, 1.165) is 21.4 Å². The van der Waals surface area contributed by atoms with Crippen molar-refractivity contribution in [3.05, 3.63) is 46.3 Å². The largest absolute Gasteiger partial charge is 0.484 e. The number of aromatic nitrogens is 2. The molecule has 106 valence electrons. The molecular weight excluding hydrogens is 340 g/mol. The van der Waals surface area contributed by atoms with E-state index in [0.29, 0.717) is 16.9 Å². The van der Waals surface area contributed by atoms with Crippen LogP contribution in [0.5, 0.6) is 5.75 Å². The van der Waals surface area contributed by atoms with E-state index in [2.05, 4.69) is 38.8 Å². The summed E-state index contributed by atoms with van der Waals surface area (Å²) in [6, 6.07) is 6.08. The lowest BCUT2D eigenvalue weighted by Crippen LogP contribution is -1.97. The third-order valence-corrected chi connectivity index (χ3v) is 4.05. The Morgan fingerprint density at radius 1 is 1.40 bits per heavy atom. The Labute approximate surface area is 130 Å². The quantitative estimate of drug-likeness (QED) is 0.725. The fraction of sp³-hybridized carbons (Fsp3) is 0.286. The first kappa shape index (κ1) is 15.1. The van der Waals surface area contributed by atoms with Crippen molar-refractivity contribution in [2.24, 2.45) is 0 Å². The number of nitrogens with zero attached hydrogens (tertiary/aromatic N) is 2. The van der Waals surface area contributed by atoms with Gasteiger partial charge in [-0.1, -0.05) is 46.4 Å². The van der Waals surface area contributed by atoms with Crippen LogP contribution in [0, 0.1) is 13.8 Å². The molecule has 0 saturated heterocycles. The number of rotatable bonds is 6. The SMILES string of the molecule is C=C(Br)CSc1nnc(COc2cc(C)ccc2C)o1. The molecular formula is C14H15BrN2O2S. The summed E-state index contributed by atoms with van der Waals surface area (Å²) >= 11 is 4.72. The summed E-state index contributed by atoms with van der Waals surface area (Å²) in [4.78, 5) is 0. The number of benzene rings is 1. The molecule has 0 atom stereocenters. The van der Waals surface area contributed by atoms with Gasteiger partial charge in [-0.05, 0) is 35.5 Å². The summed E-state index contributed by atoms with van der Waals surface area (Å²) < 4.78 is 12.1. The lowest BCUT2D eigenvalue weighted by molar-refractivity contribution is 0.250. The zero-order chi connectivity index (χ0) is 14.5. The second-order valence-corrected chi connectivity index (χ2v) is 6.37. The zero-order valence-corrected chi connectivity index (χ0v) is 13.8. The first-order chi connectivity index (χ1) is 9.54. The molecule has 0 saturated carbocycles. The molecule has 1 heterocycles. The van der Waals surface area contributed by atoms with E-state index < -0.39 is 0 Å². The maximum atomic E-state index is 5.71. The molecule has 6 heteroatoms. The highest BCUT2D eigenvalue weighted by molar-refractivity contribution is 9.11. The summed E-state index contributed by atoms with van der Waals surface area (Å²) in [6.07, 6.45) is 0. The topological polar surface area (TPSA) is 48.2 Å². The normalized spacial score (nSPS) is 10.6. The number of thioether (sulfide) groups is 1. The lowest BCUT2D eigenvalue weighted by atomic mass is 10.1. The lowest BCUT2D eigenvalue weighted by Gasteiger charge is -2.07. The summed E-state index contributed by atoms with van der Waals surface area (Å²) in [5.41, 5.74) is 2.24. The van der Waals surface area contributed by atoms with E-state index in [4.69, 9.17) is 9.15 Å². The molecule has 0 radical (unpaired) electrons. The van der Waals surface area contributed by atoms with Crippen LogP contribution in [-0.2, 0) is 6.61 Å². The van der Waals surface area contributed by atoms with Crippen molar-refractivity contribution in [1.82, 2.24) is 10.2 Å². The molecule has 0 unspecified atom stereocenters. The molecule has 0 aliphatic rings. The minimum absolute atomic E-state index is 0.271. The van der Waals surface area contributed by atoms with Crippen LogP contribution < -0.4 is 4.74 Å². The summed E-state index contributed by atoms with van der Waals surface area (Å²) in [5.74, 6) is 2.00. The van der Waals surface area contributed by atoms with Crippen molar-refractivity contribution in [1.29, 1.82) is 0 Å². The van der Waals surface area contributed by atoms with Crippen molar-refractivity contribution in [3.8, 4) is 5.75 Å². The van der Waals surface area contributed by atoms with Gasteiger partial charge in [-0.3, -0.25) is 0 Å². The van der Waals surface area contributed by atoms with Gasteiger partial charge in [0, 0.05) is 5.75 Å². The number of hydrogen-bond acceptors (Lipinski definition) is 5. The van der Waals surface area contributed by atoms with Gasteiger partial charge in [0.05, 0.1) is 0 Å². The fourth-order valence-electron chi connectivity index (χ4n) is 1.50. The van der Waals surface area contributed by atoms with Crippen molar-refractivity contribution < 1.29 is 9.15 Å². The molecule has 0 fully saturated rings. The molecule has 0 spiro atoms. The van der Waals surface area contributed by atoms with E-state index in [9.17, 15) is 0 Å². The highest BCUT2D eigenvalue weighted by Crippen LogP contribution is 2.23. The Morgan fingerprint density at radius 2 is 2.20 bits per heavy atom. The zero-order valence-electron chi connectivity index (χ0n) is 11.4. The Balaban J connectivity index is 1.94. The first-order valence-corrected chi connectivity index (χ1v) is 7.81. The Hall–Kier alpha value is -1.27. The maximum absolute atomic E-state index is 5.71. The van der Waals surface area contributed by atoms with E-state index in [1.807, 2.05) is 26.0 Å². The van der Waals surface area contributed by atoms with Gasteiger partial charge in [-0.15, -0.1) is 10.2 Å². The van der Waals surface area contributed by atoms with Crippen LogP contribution in [0.4, 0.5) is 0 Å². The third kappa shape index (κ3) is 4.38. The average Bonchev–Trinajstić information content (AvgIpc) is 2.85. The van der Waals surface area contributed by atoms with E-state index in [1.54, 1.807) is 0 Å². The van der Waals surface area contributed by atoms with Gasteiger partial charge in [-0.2, -0.15) is 0 Å². The molecule has 0 aliphatic carbocycles. The van der Waals surface area contributed by atoms with Gasteiger partial charge in [0.25, 0.3) is 11.1 Å². The number of ether oxygens (including phenoxy) is 1. The molecule has 20 heavy (non-hydrogen) atoms. The van der Waals surface area contributed by atoms with Crippen molar-refractivity contribution >= 4 is 27.7 Å². The fourth-order valence-corrected chi connectivity index (χ4v) is 2.37. The van der Waals surface area contributed by atoms with E-state index in [-0.39, 0.29) is 6.61 Å². The molecule has 0 N–H and O–H groups in total. The van der Waals surface area contributed by atoms with Crippen LogP contribution in [0.3, 0.4) is 0 Å². The summed E-state index contributed by atoms with van der Waals surface area (Å²) in [5, 5.41) is 8.42. The third-order valence-electron chi connectivity index (χ3n) is 2.50. The Morgan fingerprint density at radius 3 is 2.95 bits per heavy atom. The van der Waals surface area contributed by atoms with Gasteiger partial charge in [0.1, 0.15) is 5.75 Å². The summed E-state index contributed by atoms with van der Waals surface area (Å²) in [7, 11) is 0. The van der Waals surface area contributed by atoms with Crippen molar-refractivity contribution in [3.63, 3.8) is 0 Å². The van der Waals surface area contributed by atoms with Crippen molar-refractivity contribution in [2.75, 3.05) is 5.75 Å². The number of hydrogen-bond donors (Lipinski definition) is 0. The molecule has 2 aromatic rings. The van der Waals surface area contributed by atoms with Gasteiger partial charge in [0.2, 0.25) is 0 Å². The summed E-state index contributed by atoms with van der Waals surface area (Å²) in [6.45, 7) is 8.06. The highest BCUT2D eigenvalue weighted by Gasteiger charge is 2.08. The Kier molecular flexibility index (Phi) is 5.25. The molecule has 2 rings (SSSR count). The first-order valence-electron chi connectivity index (χ1n) is 6.03. The minimum Gasteiger partial charge on any atom is -0.484 e. The van der Waals surface area contributed by atoms with Crippen LogP contribution in [0.25, 0.3) is 0 Å². The van der Waals surface area contributed by atoms with Crippen molar-refractivity contribution in [2.45, 2.75) is 25.7 Å². The van der Waals surface area contributed by atoms with Gasteiger partial charge in [-0.25, -0.2) is 0 Å². The number of halogens is 1. The molecule has 4 nitrogen and oxygen atoms in total. The standard InChI is InChI=1S/C14H15BrN2O2S/c1-9-4-5-10(2)12(6-9)18-7-13-16-17-14(19-13)20-8-11(3)15/h4-6H,3,7-8H2,1-2H3. The monoisotopic (exact) mass is 354 g/mol. The highest BCUT2D eigenvalue weighted by atomic mass is 79.9. The molecule has 0 bridgehead atoms. The van der Waals surface area contributed by atoms with Gasteiger partial charge >= 0.3 is 0 Å². The average molecular weight is 355 g/mol. The second kappa shape index (κ2) is 6.95. The van der Waals surface area contributed by atoms with E-state index >= 15 is 0 Å². The van der Waals surface area contributed by atoms with E-state index in [1.165, 1.54) is 11.8 Å². The second-order valence-electron chi connectivity index (χ2n) is 4.33.